The quantitative estimate of drug-likeness (QED) is 0.605. The van der Waals surface area contributed by atoms with Crippen LogP contribution in [0, 0.1) is 6.92 Å². The van der Waals surface area contributed by atoms with Crippen molar-refractivity contribution >= 4 is 5.84 Å². The molecule has 0 atom stereocenters. The normalized spacial score (nSPS) is 12.9. The summed E-state index contributed by atoms with van der Waals surface area (Å²) in [5.41, 5.74) is 6.13. The SMILES string of the molecule is Cc1c(O)cccc1C(N)=NCC(F)(F)F. The average molecular weight is 232 g/mol. The largest absolute Gasteiger partial charge is 0.508 e. The van der Waals surface area contributed by atoms with Gasteiger partial charge in [-0.3, -0.25) is 4.99 Å². The van der Waals surface area contributed by atoms with E-state index in [0.29, 0.717) is 11.1 Å². The number of hydrogen-bond donors (Lipinski definition) is 2. The Kier molecular flexibility index (Phi) is 3.41. The van der Waals surface area contributed by atoms with Gasteiger partial charge in [-0.15, -0.1) is 0 Å². The van der Waals surface area contributed by atoms with Crippen LogP contribution in [0.15, 0.2) is 23.2 Å². The molecule has 16 heavy (non-hydrogen) atoms. The molecule has 1 aromatic rings. The summed E-state index contributed by atoms with van der Waals surface area (Å²) in [6.07, 6.45) is -4.38. The summed E-state index contributed by atoms with van der Waals surface area (Å²) in [5.74, 6) is -0.256. The molecule has 0 aromatic heterocycles. The second-order valence-electron chi connectivity index (χ2n) is 3.27. The van der Waals surface area contributed by atoms with Crippen molar-refractivity contribution in [1.82, 2.24) is 0 Å². The van der Waals surface area contributed by atoms with Crippen LogP contribution in [-0.2, 0) is 0 Å². The summed E-state index contributed by atoms with van der Waals surface area (Å²) < 4.78 is 35.7. The number of rotatable bonds is 2. The molecule has 1 aromatic carbocycles. The van der Waals surface area contributed by atoms with Crippen molar-refractivity contribution in [3.8, 4) is 5.75 Å². The minimum absolute atomic E-state index is 0.0253. The van der Waals surface area contributed by atoms with Gasteiger partial charge in [-0.25, -0.2) is 0 Å². The first-order valence-corrected chi connectivity index (χ1v) is 4.47. The number of aromatic hydroxyl groups is 1. The van der Waals surface area contributed by atoms with Gasteiger partial charge < -0.3 is 10.8 Å². The molecule has 0 saturated carbocycles. The zero-order valence-corrected chi connectivity index (χ0v) is 8.54. The number of benzene rings is 1. The summed E-state index contributed by atoms with van der Waals surface area (Å²) in [7, 11) is 0. The topological polar surface area (TPSA) is 58.6 Å². The van der Waals surface area contributed by atoms with Crippen LogP contribution in [0.2, 0.25) is 0 Å². The van der Waals surface area contributed by atoms with Crippen molar-refractivity contribution in [3.63, 3.8) is 0 Å². The first-order valence-electron chi connectivity index (χ1n) is 4.47. The molecule has 0 spiro atoms. The fourth-order valence-corrected chi connectivity index (χ4v) is 1.16. The van der Waals surface area contributed by atoms with Gasteiger partial charge >= 0.3 is 6.18 Å². The van der Waals surface area contributed by atoms with Crippen molar-refractivity contribution in [2.75, 3.05) is 6.54 Å². The van der Waals surface area contributed by atoms with Crippen LogP contribution >= 0.6 is 0 Å². The van der Waals surface area contributed by atoms with Gasteiger partial charge in [-0.05, 0) is 13.0 Å². The van der Waals surface area contributed by atoms with E-state index in [-0.39, 0.29) is 11.6 Å². The number of phenolic OH excluding ortho intramolecular Hbond substituents is 1. The molecule has 0 radical (unpaired) electrons. The van der Waals surface area contributed by atoms with Gasteiger partial charge in [0.2, 0.25) is 0 Å². The highest BCUT2D eigenvalue weighted by Crippen LogP contribution is 2.20. The molecular weight excluding hydrogens is 221 g/mol. The van der Waals surface area contributed by atoms with E-state index >= 15 is 0 Å². The third-order valence-corrected chi connectivity index (χ3v) is 2.01. The highest BCUT2D eigenvalue weighted by molar-refractivity contribution is 5.99. The number of nitrogens with zero attached hydrogens (tertiary/aromatic N) is 1. The molecular formula is C10H11F3N2O. The molecule has 0 bridgehead atoms. The van der Waals surface area contributed by atoms with Crippen LogP contribution in [-0.4, -0.2) is 23.7 Å². The van der Waals surface area contributed by atoms with Gasteiger partial charge in [0.1, 0.15) is 18.1 Å². The Morgan fingerprint density at radius 1 is 1.44 bits per heavy atom. The van der Waals surface area contributed by atoms with Crippen molar-refractivity contribution in [2.45, 2.75) is 13.1 Å². The van der Waals surface area contributed by atoms with E-state index in [1.165, 1.54) is 18.2 Å². The molecule has 3 nitrogen and oxygen atoms in total. The Labute approximate surface area is 90.4 Å². The number of aliphatic imine (C=N–C) groups is 1. The third-order valence-electron chi connectivity index (χ3n) is 2.01. The Balaban J connectivity index is 2.97. The van der Waals surface area contributed by atoms with Crippen LogP contribution in [0.4, 0.5) is 13.2 Å². The van der Waals surface area contributed by atoms with Gasteiger partial charge in [-0.1, -0.05) is 12.1 Å². The maximum Gasteiger partial charge on any atom is 0.408 e. The number of hydrogen-bond acceptors (Lipinski definition) is 2. The van der Waals surface area contributed by atoms with Gasteiger partial charge in [-0.2, -0.15) is 13.2 Å². The smallest absolute Gasteiger partial charge is 0.408 e. The van der Waals surface area contributed by atoms with E-state index in [0.717, 1.165) is 0 Å². The summed E-state index contributed by atoms with van der Waals surface area (Å²) in [6, 6.07) is 4.42. The Morgan fingerprint density at radius 3 is 2.62 bits per heavy atom. The third kappa shape index (κ3) is 3.15. The monoisotopic (exact) mass is 232 g/mol. The number of alkyl halides is 3. The highest BCUT2D eigenvalue weighted by atomic mass is 19.4. The lowest BCUT2D eigenvalue weighted by atomic mass is 10.1. The van der Waals surface area contributed by atoms with E-state index in [9.17, 15) is 18.3 Å². The number of nitrogens with two attached hydrogens (primary N) is 1. The van der Waals surface area contributed by atoms with Crippen LogP contribution in [0.1, 0.15) is 11.1 Å². The Bertz CT molecular complexity index is 413. The van der Waals surface area contributed by atoms with Crippen molar-refractivity contribution in [2.24, 2.45) is 10.7 Å². The van der Waals surface area contributed by atoms with Crippen LogP contribution in [0.5, 0.6) is 5.75 Å². The minimum Gasteiger partial charge on any atom is -0.508 e. The number of amidine groups is 1. The molecule has 88 valence electrons. The van der Waals surface area contributed by atoms with E-state index in [2.05, 4.69) is 4.99 Å². The van der Waals surface area contributed by atoms with Crippen LogP contribution < -0.4 is 5.73 Å². The lowest BCUT2D eigenvalue weighted by molar-refractivity contribution is -0.118. The maximum atomic E-state index is 11.9. The Hall–Kier alpha value is -1.72. The zero-order chi connectivity index (χ0) is 12.3. The standard InChI is InChI=1S/C10H11F3N2O/c1-6-7(3-2-4-8(6)16)9(14)15-5-10(11,12)13/h2-4,16H,5H2,1H3,(H2,14,15). The predicted molar refractivity (Wildman–Crippen MR) is 54.5 cm³/mol. The lowest BCUT2D eigenvalue weighted by Gasteiger charge is -2.08. The average Bonchev–Trinajstić information content (AvgIpc) is 2.17. The molecule has 3 N–H and O–H groups in total. The summed E-state index contributed by atoms with van der Waals surface area (Å²) in [4.78, 5) is 3.23. The summed E-state index contributed by atoms with van der Waals surface area (Å²) >= 11 is 0. The van der Waals surface area contributed by atoms with Gasteiger partial charge in [0.25, 0.3) is 0 Å². The minimum atomic E-state index is -4.38. The molecule has 0 fully saturated rings. The van der Waals surface area contributed by atoms with E-state index in [4.69, 9.17) is 5.73 Å². The van der Waals surface area contributed by atoms with Gasteiger partial charge in [0.15, 0.2) is 0 Å². The van der Waals surface area contributed by atoms with Crippen LogP contribution in [0.25, 0.3) is 0 Å². The predicted octanol–water partition coefficient (Wildman–Crippen LogP) is 1.97. The van der Waals surface area contributed by atoms with Crippen molar-refractivity contribution < 1.29 is 18.3 Å². The molecule has 0 amide bonds. The maximum absolute atomic E-state index is 11.9. The molecule has 0 heterocycles. The summed E-state index contributed by atoms with van der Waals surface area (Å²) in [6.45, 7) is 0.231. The fourth-order valence-electron chi connectivity index (χ4n) is 1.16. The molecule has 0 aliphatic carbocycles. The Morgan fingerprint density at radius 2 is 2.06 bits per heavy atom. The molecule has 6 heteroatoms. The summed E-state index contributed by atoms with van der Waals surface area (Å²) in [5, 5.41) is 9.34. The first kappa shape index (κ1) is 12.4. The molecule has 0 aliphatic heterocycles. The molecule has 0 unspecified atom stereocenters. The second kappa shape index (κ2) is 4.42. The number of phenols is 1. The highest BCUT2D eigenvalue weighted by Gasteiger charge is 2.26. The molecule has 1 rings (SSSR count). The van der Waals surface area contributed by atoms with Crippen molar-refractivity contribution in [3.05, 3.63) is 29.3 Å². The van der Waals surface area contributed by atoms with E-state index < -0.39 is 12.7 Å². The lowest BCUT2D eigenvalue weighted by Crippen LogP contribution is -2.20. The zero-order valence-electron chi connectivity index (χ0n) is 8.54. The molecule has 0 aliphatic rings. The first-order chi connectivity index (χ1) is 7.31. The van der Waals surface area contributed by atoms with E-state index in [1.54, 1.807) is 6.92 Å². The van der Waals surface area contributed by atoms with Crippen molar-refractivity contribution in [1.29, 1.82) is 0 Å². The fraction of sp³-hybridized carbons (Fsp3) is 0.300. The molecule has 0 saturated heterocycles. The van der Waals surface area contributed by atoms with Gasteiger partial charge in [0.05, 0.1) is 0 Å². The van der Waals surface area contributed by atoms with Crippen LogP contribution in [0.3, 0.4) is 0 Å². The number of halogens is 3. The second-order valence-corrected chi connectivity index (χ2v) is 3.27. The van der Waals surface area contributed by atoms with E-state index in [1.807, 2.05) is 0 Å². The van der Waals surface area contributed by atoms with Gasteiger partial charge in [0, 0.05) is 11.1 Å².